The summed E-state index contributed by atoms with van der Waals surface area (Å²) < 4.78 is 7.07. The second-order valence-corrected chi connectivity index (χ2v) is 8.61. The number of nitrogens with one attached hydrogen (secondary N) is 1. The summed E-state index contributed by atoms with van der Waals surface area (Å²) in [5.74, 6) is 0.149. The zero-order chi connectivity index (χ0) is 24.5. The zero-order valence-corrected chi connectivity index (χ0v) is 19.7. The molecule has 0 fully saturated rings. The molecule has 1 N–H and O–H groups in total. The third-order valence-electron chi connectivity index (χ3n) is 5.44. The fourth-order valence-electron chi connectivity index (χ4n) is 3.76. The van der Waals surface area contributed by atoms with Crippen LogP contribution in [0.5, 0.6) is 0 Å². The van der Waals surface area contributed by atoms with Gasteiger partial charge in [-0.1, -0.05) is 40.5 Å². The van der Waals surface area contributed by atoms with Crippen molar-refractivity contribution in [2.45, 2.75) is 20.4 Å². The van der Waals surface area contributed by atoms with E-state index >= 15 is 0 Å². The lowest BCUT2D eigenvalue weighted by atomic mass is 10.1. The molecule has 9 heteroatoms. The first-order chi connectivity index (χ1) is 16.9. The molecule has 1 amide bonds. The highest BCUT2D eigenvalue weighted by molar-refractivity contribution is 6.30. The van der Waals surface area contributed by atoms with Crippen LogP contribution in [0.25, 0.3) is 33.9 Å². The Hall–Kier alpha value is -4.30. The van der Waals surface area contributed by atoms with E-state index in [1.54, 1.807) is 41.0 Å². The van der Waals surface area contributed by atoms with Crippen LogP contribution >= 0.6 is 11.6 Å². The van der Waals surface area contributed by atoms with Gasteiger partial charge in [-0.05, 0) is 56.3 Å². The van der Waals surface area contributed by atoms with Crippen LogP contribution in [-0.4, -0.2) is 25.6 Å². The maximum absolute atomic E-state index is 13.3. The van der Waals surface area contributed by atoms with Gasteiger partial charge in [0, 0.05) is 28.2 Å². The van der Waals surface area contributed by atoms with E-state index in [1.807, 2.05) is 38.1 Å². The maximum Gasteiger partial charge on any atom is 0.263 e. The van der Waals surface area contributed by atoms with Gasteiger partial charge in [-0.3, -0.25) is 9.59 Å². The van der Waals surface area contributed by atoms with E-state index < -0.39 is 0 Å². The van der Waals surface area contributed by atoms with Crippen LogP contribution in [-0.2, 0) is 11.3 Å². The molecule has 0 radical (unpaired) electrons. The minimum Gasteiger partial charge on any atom is -0.333 e. The van der Waals surface area contributed by atoms with Crippen molar-refractivity contribution < 1.29 is 9.32 Å². The summed E-state index contributed by atoms with van der Waals surface area (Å²) in [5.41, 5.74) is 3.43. The molecule has 35 heavy (non-hydrogen) atoms. The van der Waals surface area contributed by atoms with E-state index in [2.05, 4.69) is 20.4 Å². The van der Waals surface area contributed by atoms with E-state index in [0.717, 1.165) is 16.8 Å². The molecule has 0 atom stereocenters. The highest BCUT2D eigenvalue weighted by Crippen LogP contribution is 2.23. The van der Waals surface area contributed by atoms with E-state index in [0.29, 0.717) is 27.6 Å². The third kappa shape index (κ3) is 4.69. The highest BCUT2D eigenvalue weighted by atomic mass is 35.5. The molecule has 5 rings (SSSR count). The monoisotopic (exact) mass is 485 g/mol. The minimum atomic E-state index is -0.304. The molecular weight excluding hydrogens is 466 g/mol. The second-order valence-electron chi connectivity index (χ2n) is 8.17. The zero-order valence-electron chi connectivity index (χ0n) is 18.9. The first kappa shape index (κ1) is 22.5. The van der Waals surface area contributed by atoms with Crippen molar-refractivity contribution in [1.82, 2.24) is 19.7 Å². The number of hydrogen-bond donors (Lipinski definition) is 1. The average molecular weight is 486 g/mol. The van der Waals surface area contributed by atoms with Crippen molar-refractivity contribution in [3.8, 4) is 22.8 Å². The molecule has 0 saturated carbocycles. The Labute approximate surface area is 205 Å². The molecule has 0 spiro atoms. The van der Waals surface area contributed by atoms with Crippen LogP contribution in [0.4, 0.5) is 5.69 Å². The summed E-state index contributed by atoms with van der Waals surface area (Å²) >= 11 is 5.92. The number of nitrogens with zero attached hydrogens (tertiary/aromatic N) is 4. The fourth-order valence-corrected chi connectivity index (χ4v) is 3.88. The topological polar surface area (TPSA) is 103 Å². The summed E-state index contributed by atoms with van der Waals surface area (Å²) in [7, 11) is 0. The first-order valence-electron chi connectivity index (χ1n) is 10.8. The van der Waals surface area contributed by atoms with E-state index in [9.17, 15) is 9.59 Å². The number of hydrogen-bond acceptors (Lipinski definition) is 6. The molecule has 8 nitrogen and oxygen atoms in total. The van der Waals surface area contributed by atoms with Gasteiger partial charge in [0.05, 0.1) is 5.39 Å². The van der Waals surface area contributed by atoms with Crippen molar-refractivity contribution in [2.24, 2.45) is 0 Å². The Morgan fingerprint density at radius 2 is 1.86 bits per heavy atom. The standard InChI is InChI=1S/C26H20ClN5O3/c1-15-4-3-5-17(12-15)24-30-26(35-31-24)21-13-32(25-20(23(21)34)11-6-16(2)28-25)14-22(33)29-19-9-7-18(27)8-10-19/h3-13H,14H2,1-2H3,(H,29,33). The van der Waals surface area contributed by atoms with Gasteiger partial charge in [0.15, 0.2) is 0 Å². The number of anilines is 1. The van der Waals surface area contributed by atoms with Crippen molar-refractivity contribution in [3.63, 3.8) is 0 Å². The normalized spacial score (nSPS) is 11.1. The molecule has 3 aromatic heterocycles. The van der Waals surface area contributed by atoms with E-state index in [1.165, 1.54) is 6.20 Å². The molecule has 3 heterocycles. The summed E-state index contributed by atoms with van der Waals surface area (Å²) in [6.45, 7) is 3.71. The average Bonchev–Trinajstić information content (AvgIpc) is 3.32. The van der Waals surface area contributed by atoms with Gasteiger partial charge >= 0.3 is 0 Å². The molecule has 0 aliphatic carbocycles. The molecule has 5 aromatic rings. The van der Waals surface area contributed by atoms with Crippen molar-refractivity contribution >= 4 is 34.2 Å². The predicted molar refractivity (Wildman–Crippen MR) is 134 cm³/mol. The molecule has 0 aliphatic rings. The Morgan fingerprint density at radius 1 is 1.06 bits per heavy atom. The van der Waals surface area contributed by atoms with Crippen LogP contribution < -0.4 is 10.7 Å². The number of rotatable bonds is 5. The molecule has 0 bridgehead atoms. The number of benzene rings is 2. The number of amides is 1. The number of halogens is 1. The molecule has 174 valence electrons. The van der Waals surface area contributed by atoms with Crippen LogP contribution in [0, 0.1) is 13.8 Å². The largest absolute Gasteiger partial charge is 0.333 e. The van der Waals surface area contributed by atoms with Crippen LogP contribution in [0.15, 0.2) is 76.2 Å². The summed E-state index contributed by atoms with van der Waals surface area (Å²) in [4.78, 5) is 35.1. The molecule has 0 aliphatic heterocycles. The lowest BCUT2D eigenvalue weighted by Crippen LogP contribution is -2.22. The third-order valence-corrected chi connectivity index (χ3v) is 5.69. The Balaban J connectivity index is 1.55. The second kappa shape index (κ2) is 9.15. The van der Waals surface area contributed by atoms with Gasteiger partial charge in [-0.25, -0.2) is 4.98 Å². The minimum absolute atomic E-state index is 0.0702. The number of pyridine rings is 2. The van der Waals surface area contributed by atoms with E-state index in [-0.39, 0.29) is 29.3 Å². The van der Waals surface area contributed by atoms with Crippen molar-refractivity contribution in [1.29, 1.82) is 0 Å². The summed E-state index contributed by atoms with van der Waals surface area (Å²) in [6.07, 6.45) is 1.53. The van der Waals surface area contributed by atoms with Crippen molar-refractivity contribution in [2.75, 3.05) is 5.32 Å². The first-order valence-corrected chi connectivity index (χ1v) is 11.2. The van der Waals surface area contributed by atoms with Gasteiger partial charge in [0.25, 0.3) is 5.89 Å². The van der Waals surface area contributed by atoms with E-state index in [4.69, 9.17) is 16.1 Å². The number of fused-ring (bicyclic) bond motifs is 1. The van der Waals surface area contributed by atoms with Gasteiger partial charge in [0.2, 0.25) is 17.2 Å². The fraction of sp³-hybridized carbons (Fsp3) is 0.115. The quantitative estimate of drug-likeness (QED) is 0.375. The number of aromatic nitrogens is 4. The number of carbonyl (C=O) groups excluding carboxylic acids is 1. The van der Waals surface area contributed by atoms with Gasteiger partial charge in [-0.15, -0.1) is 0 Å². The van der Waals surface area contributed by atoms with Gasteiger partial charge in [-0.2, -0.15) is 4.98 Å². The lowest BCUT2D eigenvalue weighted by molar-refractivity contribution is -0.116. The smallest absolute Gasteiger partial charge is 0.263 e. The molecule has 0 saturated heterocycles. The molecule has 0 unspecified atom stereocenters. The Bertz CT molecular complexity index is 1620. The highest BCUT2D eigenvalue weighted by Gasteiger charge is 2.19. The van der Waals surface area contributed by atoms with Gasteiger partial charge in [0.1, 0.15) is 17.8 Å². The maximum atomic E-state index is 13.3. The van der Waals surface area contributed by atoms with Crippen molar-refractivity contribution in [3.05, 3.63) is 93.4 Å². The van der Waals surface area contributed by atoms with Gasteiger partial charge < -0.3 is 14.4 Å². The molecule has 2 aromatic carbocycles. The number of carbonyl (C=O) groups is 1. The lowest BCUT2D eigenvalue weighted by Gasteiger charge is -2.12. The SMILES string of the molecule is Cc1cccc(-c2noc(-c3cn(CC(=O)Nc4ccc(Cl)cc4)c4nc(C)ccc4c3=O)n2)c1. The van der Waals surface area contributed by atoms with Crippen LogP contribution in [0.1, 0.15) is 11.3 Å². The summed E-state index contributed by atoms with van der Waals surface area (Å²) in [6, 6.07) is 17.9. The Morgan fingerprint density at radius 3 is 2.63 bits per heavy atom. The number of aryl methyl sites for hydroxylation is 2. The van der Waals surface area contributed by atoms with Crippen LogP contribution in [0.3, 0.4) is 0 Å². The van der Waals surface area contributed by atoms with Crippen LogP contribution in [0.2, 0.25) is 5.02 Å². The summed E-state index contributed by atoms with van der Waals surface area (Å²) in [5, 5.41) is 7.80. The predicted octanol–water partition coefficient (Wildman–Crippen LogP) is 5.02. The Kier molecular flexibility index (Phi) is 5.88. The molecular formula is C26H20ClN5O3.